The first-order valence-corrected chi connectivity index (χ1v) is 6.05. The quantitative estimate of drug-likeness (QED) is 0.695. The third kappa shape index (κ3) is 3.68. The fourth-order valence-electron chi connectivity index (χ4n) is 1.81. The van der Waals surface area contributed by atoms with E-state index in [0.29, 0.717) is 11.4 Å². The molecule has 0 fully saturated rings. The molecule has 0 heterocycles. The molecule has 2 N–H and O–H groups in total. The number of esters is 1. The molecule has 110 valence electrons. The molecule has 0 aromatic heterocycles. The van der Waals surface area contributed by atoms with E-state index in [9.17, 15) is 13.6 Å². The van der Waals surface area contributed by atoms with Crippen LogP contribution in [0.4, 0.5) is 14.5 Å². The zero-order valence-corrected chi connectivity index (χ0v) is 11.2. The Labute approximate surface area is 120 Å². The van der Waals surface area contributed by atoms with Crippen LogP contribution in [-0.2, 0) is 11.3 Å². The summed E-state index contributed by atoms with van der Waals surface area (Å²) in [5.74, 6) is -1.85. The van der Waals surface area contributed by atoms with Gasteiger partial charge in [-0.3, -0.25) is 0 Å². The molecular weight excluding hydrogens is 280 g/mol. The van der Waals surface area contributed by atoms with Crippen molar-refractivity contribution in [2.45, 2.75) is 6.61 Å². The number of nitrogens with two attached hydrogens (primary N) is 1. The summed E-state index contributed by atoms with van der Waals surface area (Å²) < 4.78 is 36.1. The Balaban J connectivity index is 2.13. The first-order chi connectivity index (χ1) is 9.99. The van der Waals surface area contributed by atoms with Crippen LogP contribution in [0.5, 0.6) is 5.75 Å². The molecule has 0 atom stereocenters. The average Bonchev–Trinajstić information content (AvgIpc) is 2.43. The second-order valence-electron chi connectivity index (χ2n) is 4.31. The molecule has 0 saturated carbocycles. The number of ether oxygens (including phenoxy) is 2. The second-order valence-corrected chi connectivity index (χ2v) is 4.31. The normalized spacial score (nSPS) is 10.2. The molecule has 0 amide bonds. The molecule has 0 aliphatic carbocycles. The van der Waals surface area contributed by atoms with Crippen LogP contribution in [0.25, 0.3) is 0 Å². The van der Waals surface area contributed by atoms with Crippen molar-refractivity contribution in [2.24, 2.45) is 0 Å². The molecule has 0 unspecified atom stereocenters. The Morgan fingerprint density at radius 2 is 1.81 bits per heavy atom. The number of hydrogen-bond acceptors (Lipinski definition) is 4. The average molecular weight is 293 g/mol. The summed E-state index contributed by atoms with van der Waals surface area (Å²) in [5.41, 5.74) is 6.34. The Kier molecular flexibility index (Phi) is 4.37. The van der Waals surface area contributed by atoms with Gasteiger partial charge in [-0.25, -0.2) is 13.6 Å². The fraction of sp³-hybridized carbons (Fsp3) is 0.133. The highest BCUT2D eigenvalue weighted by atomic mass is 19.1. The van der Waals surface area contributed by atoms with Crippen molar-refractivity contribution in [3.8, 4) is 5.75 Å². The number of hydrogen-bond donors (Lipinski definition) is 1. The van der Waals surface area contributed by atoms with E-state index in [1.807, 2.05) is 0 Å². The number of rotatable bonds is 4. The molecule has 0 bridgehead atoms. The lowest BCUT2D eigenvalue weighted by molar-refractivity contribution is 0.0468. The molecule has 21 heavy (non-hydrogen) atoms. The lowest BCUT2D eigenvalue weighted by atomic mass is 10.2. The minimum atomic E-state index is -0.734. The molecule has 0 radical (unpaired) electrons. The van der Waals surface area contributed by atoms with Gasteiger partial charge < -0.3 is 15.2 Å². The van der Waals surface area contributed by atoms with Crippen molar-refractivity contribution in [1.82, 2.24) is 0 Å². The number of halogens is 2. The third-order valence-electron chi connectivity index (χ3n) is 2.74. The Morgan fingerprint density at radius 3 is 2.43 bits per heavy atom. The molecule has 4 nitrogen and oxygen atoms in total. The summed E-state index contributed by atoms with van der Waals surface area (Å²) >= 11 is 0. The highest BCUT2D eigenvalue weighted by Gasteiger charge is 2.14. The first-order valence-electron chi connectivity index (χ1n) is 6.05. The van der Waals surface area contributed by atoms with Gasteiger partial charge in [-0.15, -0.1) is 0 Å². The van der Waals surface area contributed by atoms with Crippen LogP contribution in [0.1, 0.15) is 15.9 Å². The number of methoxy groups -OCH3 is 1. The lowest BCUT2D eigenvalue weighted by Crippen LogP contribution is -2.08. The van der Waals surface area contributed by atoms with E-state index >= 15 is 0 Å². The molecule has 0 spiro atoms. The van der Waals surface area contributed by atoms with Crippen molar-refractivity contribution >= 4 is 11.7 Å². The molecule has 0 aliphatic heterocycles. The number of anilines is 1. The SMILES string of the molecule is COc1ccc(N)cc1C(=O)OCc1cc(F)cc(F)c1. The standard InChI is InChI=1S/C15H13F2NO3/c1-20-14-3-2-12(18)7-13(14)15(19)21-8-9-4-10(16)6-11(17)5-9/h2-7H,8,18H2,1H3. The molecule has 0 aliphatic rings. The Bertz CT molecular complexity index is 654. The topological polar surface area (TPSA) is 61.5 Å². The number of nitrogen functional groups attached to an aromatic ring is 1. The summed E-state index contributed by atoms with van der Waals surface area (Å²) in [7, 11) is 1.41. The van der Waals surface area contributed by atoms with Crippen LogP contribution in [0, 0.1) is 11.6 Å². The van der Waals surface area contributed by atoms with Crippen LogP contribution < -0.4 is 10.5 Å². The van der Waals surface area contributed by atoms with Gasteiger partial charge in [-0.2, -0.15) is 0 Å². The Morgan fingerprint density at radius 1 is 1.14 bits per heavy atom. The number of carbonyl (C=O) groups excluding carboxylic acids is 1. The van der Waals surface area contributed by atoms with Crippen molar-refractivity contribution in [3.63, 3.8) is 0 Å². The maximum atomic E-state index is 13.0. The highest BCUT2D eigenvalue weighted by molar-refractivity contribution is 5.93. The first kappa shape index (κ1) is 14.8. The van der Waals surface area contributed by atoms with Crippen LogP contribution in [0.3, 0.4) is 0 Å². The monoisotopic (exact) mass is 293 g/mol. The van der Waals surface area contributed by atoms with Crippen LogP contribution in [0.2, 0.25) is 0 Å². The molecular formula is C15H13F2NO3. The summed E-state index contributed by atoms with van der Waals surface area (Å²) in [6.07, 6.45) is 0. The van der Waals surface area contributed by atoms with E-state index in [4.69, 9.17) is 15.2 Å². The predicted molar refractivity (Wildman–Crippen MR) is 72.9 cm³/mol. The van der Waals surface area contributed by atoms with Crippen LogP contribution in [0.15, 0.2) is 36.4 Å². The van der Waals surface area contributed by atoms with Crippen LogP contribution >= 0.6 is 0 Å². The second kappa shape index (κ2) is 6.21. The van der Waals surface area contributed by atoms with E-state index in [2.05, 4.69) is 0 Å². The summed E-state index contributed by atoms with van der Waals surface area (Å²) in [4.78, 5) is 12.0. The van der Waals surface area contributed by atoms with Crippen LogP contribution in [-0.4, -0.2) is 13.1 Å². The van der Waals surface area contributed by atoms with Gasteiger partial charge in [0.2, 0.25) is 0 Å². The van der Waals surface area contributed by atoms with Crippen molar-refractivity contribution in [2.75, 3.05) is 12.8 Å². The van der Waals surface area contributed by atoms with E-state index in [0.717, 1.165) is 18.2 Å². The summed E-state index contributed by atoms with van der Waals surface area (Å²) in [5, 5.41) is 0. The third-order valence-corrected chi connectivity index (χ3v) is 2.74. The minimum absolute atomic E-state index is 0.148. The lowest BCUT2D eigenvalue weighted by Gasteiger charge is -2.09. The maximum absolute atomic E-state index is 13.0. The van der Waals surface area contributed by atoms with Gasteiger partial charge >= 0.3 is 5.97 Å². The Hall–Kier alpha value is -2.63. The molecule has 2 aromatic rings. The van der Waals surface area contributed by atoms with E-state index in [1.165, 1.54) is 19.2 Å². The fourth-order valence-corrected chi connectivity index (χ4v) is 1.81. The van der Waals surface area contributed by atoms with Gasteiger partial charge in [0, 0.05) is 11.8 Å². The number of carbonyl (C=O) groups is 1. The zero-order valence-electron chi connectivity index (χ0n) is 11.2. The molecule has 2 rings (SSSR count). The van der Waals surface area contributed by atoms with Gasteiger partial charge in [0.05, 0.1) is 7.11 Å². The van der Waals surface area contributed by atoms with Crippen molar-refractivity contribution in [1.29, 1.82) is 0 Å². The summed E-state index contributed by atoms with van der Waals surface area (Å²) in [6.45, 7) is -0.258. The molecule has 6 heteroatoms. The number of benzene rings is 2. The van der Waals surface area contributed by atoms with Gasteiger partial charge in [0.15, 0.2) is 0 Å². The van der Waals surface area contributed by atoms with Gasteiger partial charge in [0.1, 0.15) is 29.6 Å². The minimum Gasteiger partial charge on any atom is -0.496 e. The largest absolute Gasteiger partial charge is 0.496 e. The van der Waals surface area contributed by atoms with Gasteiger partial charge in [-0.05, 0) is 35.9 Å². The van der Waals surface area contributed by atoms with Crippen molar-refractivity contribution in [3.05, 3.63) is 59.2 Å². The highest BCUT2D eigenvalue weighted by Crippen LogP contribution is 2.22. The maximum Gasteiger partial charge on any atom is 0.342 e. The van der Waals surface area contributed by atoms with E-state index in [-0.39, 0.29) is 17.7 Å². The zero-order chi connectivity index (χ0) is 15.4. The molecule has 0 saturated heterocycles. The predicted octanol–water partition coefficient (Wildman–Crippen LogP) is 2.91. The summed E-state index contributed by atoms with van der Waals surface area (Å²) in [6, 6.07) is 7.45. The van der Waals surface area contributed by atoms with Crippen molar-refractivity contribution < 1.29 is 23.0 Å². The smallest absolute Gasteiger partial charge is 0.342 e. The van der Waals surface area contributed by atoms with Gasteiger partial charge in [0.25, 0.3) is 0 Å². The van der Waals surface area contributed by atoms with E-state index < -0.39 is 17.6 Å². The van der Waals surface area contributed by atoms with E-state index in [1.54, 1.807) is 6.07 Å². The van der Waals surface area contributed by atoms with Gasteiger partial charge in [-0.1, -0.05) is 0 Å². The molecule has 2 aromatic carbocycles.